The Balaban J connectivity index is 2.82. The Kier molecular flexibility index (Phi) is 4.99. The predicted molar refractivity (Wildman–Crippen MR) is 98.4 cm³/mol. The smallest absolute Gasteiger partial charge is 0.219 e. The molecule has 0 amide bonds. The number of fused-ring (bicyclic) bond motifs is 1. The molecule has 2 heteroatoms. The number of hydrogen-bond donors (Lipinski definition) is 2. The van der Waals surface area contributed by atoms with Crippen molar-refractivity contribution in [2.45, 2.75) is 19.6 Å². The topological polar surface area (TPSA) is 40.5 Å². The third kappa shape index (κ3) is 2.79. The van der Waals surface area contributed by atoms with Gasteiger partial charge in [0.15, 0.2) is 0 Å². The van der Waals surface area contributed by atoms with Gasteiger partial charge >= 0.3 is 0 Å². The van der Waals surface area contributed by atoms with Crippen LogP contribution in [0.1, 0.15) is 36.1 Å². The zero-order valence-corrected chi connectivity index (χ0v) is 13.6. The molecule has 2 nitrogen and oxygen atoms in total. The summed E-state index contributed by atoms with van der Waals surface area (Å²) in [6.07, 6.45) is 14.5. The molecule has 118 valence electrons. The van der Waals surface area contributed by atoms with Gasteiger partial charge in [-0.2, -0.15) is 0 Å². The van der Waals surface area contributed by atoms with Gasteiger partial charge in [-0.25, -0.2) is 0 Å². The number of benzene rings is 1. The van der Waals surface area contributed by atoms with Crippen molar-refractivity contribution in [3.05, 3.63) is 89.6 Å². The normalized spacial score (nSPS) is 16.7. The van der Waals surface area contributed by atoms with Gasteiger partial charge in [-0.05, 0) is 36.1 Å². The molecule has 0 unspecified atom stereocenters. The fraction of sp³-hybridized carbons (Fsp3) is 0.143. The molecule has 2 N–H and O–H groups in total. The van der Waals surface area contributed by atoms with Crippen molar-refractivity contribution >= 4 is 17.7 Å². The van der Waals surface area contributed by atoms with Crippen LogP contribution in [0.2, 0.25) is 0 Å². The minimum Gasteiger partial charge on any atom is -0.358 e. The third-order valence-electron chi connectivity index (χ3n) is 3.91. The largest absolute Gasteiger partial charge is 0.358 e. The van der Waals surface area contributed by atoms with Gasteiger partial charge in [0, 0.05) is 11.1 Å². The van der Waals surface area contributed by atoms with Crippen LogP contribution in [-0.2, 0) is 5.79 Å². The van der Waals surface area contributed by atoms with E-state index < -0.39 is 5.79 Å². The first-order chi connectivity index (χ1) is 11.0. The predicted octanol–water partition coefficient (Wildman–Crippen LogP) is 4.59. The zero-order chi connectivity index (χ0) is 17.0. The lowest BCUT2D eigenvalue weighted by Crippen LogP contribution is -2.25. The van der Waals surface area contributed by atoms with Crippen LogP contribution < -0.4 is 0 Å². The molecular formula is C21H22O2. The van der Waals surface area contributed by atoms with Crippen LogP contribution in [0.25, 0.3) is 17.7 Å². The molecule has 0 bridgehead atoms. The summed E-state index contributed by atoms with van der Waals surface area (Å²) in [4.78, 5) is 0. The molecule has 0 atom stereocenters. The summed E-state index contributed by atoms with van der Waals surface area (Å²) in [5.41, 5.74) is 4.04. The quantitative estimate of drug-likeness (QED) is 0.617. The van der Waals surface area contributed by atoms with E-state index in [1.807, 2.05) is 62.4 Å². The molecule has 23 heavy (non-hydrogen) atoms. The molecule has 0 aliphatic heterocycles. The summed E-state index contributed by atoms with van der Waals surface area (Å²) < 4.78 is 0. The highest BCUT2D eigenvalue weighted by Crippen LogP contribution is 2.47. The highest BCUT2D eigenvalue weighted by molar-refractivity contribution is 5.90. The maximum Gasteiger partial charge on any atom is 0.219 e. The number of aliphatic hydroxyl groups is 2. The van der Waals surface area contributed by atoms with Crippen LogP contribution >= 0.6 is 0 Å². The summed E-state index contributed by atoms with van der Waals surface area (Å²) in [5, 5.41) is 21.5. The SMILES string of the molecule is C=CC1=C(/C=C\C)c2ccc(C=C)c(/C=C\C=C\C)c2C1(O)O. The number of rotatable bonds is 5. The average molecular weight is 306 g/mol. The van der Waals surface area contributed by atoms with E-state index in [0.29, 0.717) is 11.1 Å². The standard InChI is InChI=1S/C21H22O2/c1-5-9-10-12-16-15(7-3)13-14-18-17(11-6-2)19(8-4)21(22,23)20(16)18/h5-14,22-23H,3-4H2,1-2H3/b9-5+,11-6-,12-10-. The second-order valence-electron chi connectivity index (χ2n) is 5.28. The van der Waals surface area contributed by atoms with E-state index in [1.165, 1.54) is 6.08 Å². The van der Waals surface area contributed by atoms with Crippen LogP contribution in [0.3, 0.4) is 0 Å². The first kappa shape index (κ1) is 16.9. The van der Waals surface area contributed by atoms with E-state index in [0.717, 1.165) is 22.3 Å². The van der Waals surface area contributed by atoms with Gasteiger partial charge in [-0.3, -0.25) is 0 Å². The lowest BCUT2D eigenvalue weighted by molar-refractivity contribution is -0.130. The van der Waals surface area contributed by atoms with Crippen molar-refractivity contribution in [2.75, 3.05) is 0 Å². The van der Waals surface area contributed by atoms with E-state index in [2.05, 4.69) is 13.2 Å². The van der Waals surface area contributed by atoms with Crippen LogP contribution in [-0.4, -0.2) is 10.2 Å². The van der Waals surface area contributed by atoms with Crippen molar-refractivity contribution in [1.82, 2.24) is 0 Å². The lowest BCUT2D eigenvalue weighted by atomic mass is 9.92. The second kappa shape index (κ2) is 6.78. The van der Waals surface area contributed by atoms with Crippen molar-refractivity contribution < 1.29 is 10.2 Å². The van der Waals surface area contributed by atoms with Gasteiger partial charge in [0.2, 0.25) is 5.79 Å². The van der Waals surface area contributed by atoms with Gasteiger partial charge in [0.05, 0.1) is 0 Å². The first-order valence-corrected chi connectivity index (χ1v) is 7.57. The second-order valence-corrected chi connectivity index (χ2v) is 5.28. The molecule has 0 radical (unpaired) electrons. The average Bonchev–Trinajstić information content (AvgIpc) is 2.75. The van der Waals surface area contributed by atoms with Gasteiger partial charge in [-0.15, -0.1) is 0 Å². The summed E-state index contributed by atoms with van der Waals surface area (Å²) in [7, 11) is 0. The molecule has 0 heterocycles. The van der Waals surface area contributed by atoms with Gasteiger partial charge in [0.1, 0.15) is 0 Å². The molecule has 0 aromatic heterocycles. The Morgan fingerprint density at radius 1 is 0.957 bits per heavy atom. The Labute approximate surface area is 137 Å². The van der Waals surface area contributed by atoms with E-state index in [4.69, 9.17) is 0 Å². The molecular weight excluding hydrogens is 284 g/mol. The van der Waals surface area contributed by atoms with Gasteiger partial charge < -0.3 is 10.2 Å². The van der Waals surface area contributed by atoms with Gasteiger partial charge in [-0.1, -0.05) is 73.9 Å². The summed E-state index contributed by atoms with van der Waals surface area (Å²) in [5.74, 6) is -2.07. The fourth-order valence-electron chi connectivity index (χ4n) is 2.92. The first-order valence-electron chi connectivity index (χ1n) is 7.57. The molecule has 1 aromatic rings. The molecule has 2 rings (SSSR count). The van der Waals surface area contributed by atoms with Crippen LogP contribution in [0.4, 0.5) is 0 Å². The maximum atomic E-state index is 10.8. The Morgan fingerprint density at radius 3 is 2.26 bits per heavy atom. The molecule has 1 aromatic carbocycles. The lowest BCUT2D eigenvalue weighted by Gasteiger charge is -2.22. The monoisotopic (exact) mass is 306 g/mol. The fourth-order valence-corrected chi connectivity index (χ4v) is 2.92. The third-order valence-corrected chi connectivity index (χ3v) is 3.91. The van der Waals surface area contributed by atoms with E-state index in [1.54, 1.807) is 6.08 Å². The Hall–Kier alpha value is -2.42. The van der Waals surface area contributed by atoms with Crippen LogP contribution in [0.5, 0.6) is 0 Å². The molecule has 0 fully saturated rings. The van der Waals surface area contributed by atoms with Crippen molar-refractivity contribution in [3.63, 3.8) is 0 Å². The summed E-state index contributed by atoms with van der Waals surface area (Å²) in [6, 6.07) is 3.83. The number of allylic oxidation sites excluding steroid dienone is 6. The zero-order valence-electron chi connectivity index (χ0n) is 13.6. The highest BCUT2D eigenvalue weighted by Gasteiger charge is 2.42. The summed E-state index contributed by atoms with van der Waals surface area (Å²) in [6.45, 7) is 11.4. The minimum absolute atomic E-state index is 0.396. The summed E-state index contributed by atoms with van der Waals surface area (Å²) >= 11 is 0. The Morgan fingerprint density at radius 2 is 1.70 bits per heavy atom. The molecule has 0 saturated heterocycles. The van der Waals surface area contributed by atoms with E-state index in [-0.39, 0.29) is 0 Å². The number of hydrogen-bond acceptors (Lipinski definition) is 2. The minimum atomic E-state index is -2.07. The van der Waals surface area contributed by atoms with Crippen molar-refractivity contribution in [2.24, 2.45) is 0 Å². The van der Waals surface area contributed by atoms with Crippen molar-refractivity contribution in [3.8, 4) is 0 Å². The van der Waals surface area contributed by atoms with Crippen molar-refractivity contribution in [1.29, 1.82) is 0 Å². The van der Waals surface area contributed by atoms with E-state index >= 15 is 0 Å². The molecule has 0 saturated carbocycles. The molecule has 1 aliphatic rings. The highest BCUT2D eigenvalue weighted by atomic mass is 16.5. The van der Waals surface area contributed by atoms with Gasteiger partial charge in [0.25, 0.3) is 0 Å². The molecule has 0 spiro atoms. The van der Waals surface area contributed by atoms with Crippen LogP contribution in [0.15, 0.2) is 67.3 Å². The Bertz CT molecular complexity index is 756. The molecule has 1 aliphatic carbocycles. The van der Waals surface area contributed by atoms with Crippen LogP contribution in [0, 0.1) is 0 Å². The van der Waals surface area contributed by atoms with E-state index in [9.17, 15) is 10.2 Å². The maximum absolute atomic E-state index is 10.8.